The number of anilines is 1. The maximum absolute atomic E-state index is 9.95. The molecule has 1 aliphatic carbocycles. The van der Waals surface area contributed by atoms with Crippen molar-refractivity contribution in [2.75, 3.05) is 25.6 Å². The molecule has 3 aromatic rings. The Morgan fingerprint density at radius 3 is 2.50 bits per heavy atom. The molecule has 0 unspecified atom stereocenters. The maximum Gasteiger partial charge on any atom is 0.232 e. The molecule has 0 saturated heterocycles. The Balaban J connectivity index is 1.99. The van der Waals surface area contributed by atoms with Crippen molar-refractivity contribution in [1.29, 1.82) is 5.26 Å². The van der Waals surface area contributed by atoms with Gasteiger partial charge in [-0.2, -0.15) is 5.26 Å². The van der Waals surface area contributed by atoms with E-state index in [9.17, 15) is 5.26 Å². The quantitative estimate of drug-likeness (QED) is 0.660. The molecule has 4 nitrogen and oxygen atoms in total. The van der Waals surface area contributed by atoms with Crippen molar-refractivity contribution in [1.82, 2.24) is 4.98 Å². The van der Waals surface area contributed by atoms with E-state index in [2.05, 4.69) is 53.4 Å². The molecule has 2 aromatic carbocycles. The fourth-order valence-electron chi connectivity index (χ4n) is 3.89. The molecule has 1 aromatic heterocycles. The first-order valence-corrected chi connectivity index (χ1v) is 9.59. The van der Waals surface area contributed by atoms with Crippen molar-refractivity contribution in [3.05, 3.63) is 65.2 Å². The third kappa shape index (κ3) is 2.99. The lowest BCUT2D eigenvalue weighted by Crippen LogP contribution is -2.11. The molecule has 28 heavy (non-hydrogen) atoms. The molecule has 4 heteroatoms. The third-order valence-corrected chi connectivity index (χ3v) is 5.25. The predicted octanol–water partition coefficient (Wildman–Crippen LogP) is 4.85. The summed E-state index contributed by atoms with van der Waals surface area (Å²) in [4.78, 5) is 6.86. The number of aryl methyl sites for hydroxylation is 1. The molecule has 4 rings (SSSR count). The number of aromatic nitrogens is 1. The first-order chi connectivity index (χ1) is 13.6. The molecule has 0 atom stereocenters. The SMILES string of the molecule is CCOc1nc2c(c(-c3ccc(N(C)C)cc3)c1C#N)CCc1ccccc1-2. The maximum atomic E-state index is 9.95. The first kappa shape index (κ1) is 18.1. The van der Waals surface area contributed by atoms with Gasteiger partial charge in [0.25, 0.3) is 0 Å². The van der Waals surface area contributed by atoms with Gasteiger partial charge in [0, 0.05) is 30.9 Å². The Morgan fingerprint density at radius 1 is 1.07 bits per heavy atom. The summed E-state index contributed by atoms with van der Waals surface area (Å²) in [5.74, 6) is 0.423. The van der Waals surface area contributed by atoms with Gasteiger partial charge in [0.05, 0.1) is 12.3 Å². The molecule has 0 radical (unpaired) electrons. The van der Waals surface area contributed by atoms with E-state index in [-0.39, 0.29) is 0 Å². The summed E-state index contributed by atoms with van der Waals surface area (Å²) in [5.41, 5.74) is 8.14. The van der Waals surface area contributed by atoms with Gasteiger partial charge in [-0.15, -0.1) is 0 Å². The van der Waals surface area contributed by atoms with Crippen molar-refractivity contribution in [3.63, 3.8) is 0 Å². The van der Waals surface area contributed by atoms with Gasteiger partial charge in [-0.25, -0.2) is 4.98 Å². The number of fused-ring (bicyclic) bond motifs is 3. The number of pyridine rings is 1. The summed E-state index contributed by atoms with van der Waals surface area (Å²) >= 11 is 0. The van der Waals surface area contributed by atoms with E-state index in [1.54, 1.807) is 0 Å². The topological polar surface area (TPSA) is 49.1 Å². The van der Waals surface area contributed by atoms with Gasteiger partial charge in [0.15, 0.2) is 0 Å². The minimum absolute atomic E-state index is 0.423. The Bertz CT molecular complexity index is 1060. The van der Waals surface area contributed by atoms with Gasteiger partial charge in [0.2, 0.25) is 5.88 Å². The highest BCUT2D eigenvalue weighted by Gasteiger charge is 2.26. The zero-order valence-electron chi connectivity index (χ0n) is 16.5. The van der Waals surface area contributed by atoms with E-state index >= 15 is 0 Å². The second-order valence-electron chi connectivity index (χ2n) is 7.14. The fraction of sp³-hybridized carbons (Fsp3) is 0.250. The average Bonchev–Trinajstić information content (AvgIpc) is 2.73. The van der Waals surface area contributed by atoms with E-state index in [1.165, 1.54) is 5.56 Å². The van der Waals surface area contributed by atoms with Gasteiger partial charge in [-0.1, -0.05) is 36.4 Å². The molecule has 0 saturated carbocycles. The van der Waals surface area contributed by atoms with Crippen LogP contribution >= 0.6 is 0 Å². The Labute approximate surface area is 166 Å². The molecule has 140 valence electrons. The normalized spacial score (nSPS) is 11.9. The van der Waals surface area contributed by atoms with Crippen LogP contribution in [0.5, 0.6) is 5.88 Å². The number of nitrogens with zero attached hydrogens (tertiary/aromatic N) is 3. The number of hydrogen-bond acceptors (Lipinski definition) is 4. The molecule has 0 aliphatic heterocycles. The van der Waals surface area contributed by atoms with Crippen LogP contribution in [0.25, 0.3) is 22.4 Å². The van der Waals surface area contributed by atoms with Gasteiger partial charge < -0.3 is 9.64 Å². The smallest absolute Gasteiger partial charge is 0.232 e. The Hall–Kier alpha value is -3.32. The van der Waals surface area contributed by atoms with Crippen LogP contribution in [-0.4, -0.2) is 25.7 Å². The van der Waals surface area contributed by atoms with Crippen molar-refractivity contribution in [3.8, 4) is 34.3 Å². The number of hydrogen-bond donors (Lipinski definition) is 0. The zero-order chi connectivity index (χ0) is 19.7. The van der Waals surface area contributed by atoms with Gasteiger partial charge in [0.1, 0.15) is 11.6 Å². The van der Waals surface area contributed by atoms with E-state index < -0.39 is 0 Å². The standard InChI is InChI=1S/C24H23N3O/c1-4-28-24-21(15-25)22(17-9-12-18(13-10-17)27(2)3)20-14-11-16-7-5-6-8-19(16)23(20)26-24/h5-10,12-13H,4,11,14H2,1-3H3. The average molecular weight is 369 g/mol. The van der Waals surface area contributed by atoms with Gasteiger partial charge in [-0.3, -0.25) is 0 Å². The lowest BCUT2D eigenvalue weighted by Gasteiger charge is -2.24. The highest BCUT2D eigenvalue weighted by molar-refractivity contribution is 5.85. The van der Waals surface area contributed by atoms with E-state index in [0.29, 0.717) is 18.1 Å². The minimum Gasteiger partial charge on any atom is -0.477 e. The molecule has 0 amide bonds. The number of ether oxygens (including phenoxy) is 1. The van der Waals surface area contributed by atoms with Crippen LogP contribution in [-0.2, 0) is 12.8 Å². The first-order valence-electron chi connectivity index (χ1n) is 9.59. The summed E-state index contributed by atoms with van der Waals surface area (Å²) in [5, 5.41) is 9.95. The van der Waals surface area contributed by atoms with Gasteiger partial charge >= 0.3 is 0 Å². The van der Waals surface area contributed by atoms with Crippen LogP contribution in [0.4, 0.5) is 5.69 Å². The van der Waals surface area contributed by atoms with Crippen LogP contribution in [0, 0.1) is 11.3 Å². The number of benzene rings is 2. The monoisotopic (exact) mass is 369 g/mol. The second-order valence-corrected chi connectivity index (χ2v) is 7.14. The van der Waals surface area contributed by atoms with Crippen LogP contribution in [0.3, 0.4) is 0 Å². The van der Waals surface area contributed by atoms with Crippen LogP contribution in [0.1, 0.15) is 23.6 Å². The molecule has 0 bridgehead atoms. The Kier molecular flexibility index (Phi) is 4.75. The van der Waals surface area contributed by atoms with E-state index in [1.807, 2.05) is 27.1 Å². The van der Waals surface area contributed by atoms with Crippen molar-refractivity contribution < 1.29 is 4.74 Å². The molecular formula is C24H23N3O. The third-order valence-electron chi connectivity index (χ3n) is 5.25. The van der Waals surface area contributed by atoms with Crippen molar-refractivity contribution >= 4 is 5.69 Å². The fourth-order valence-corrected chi connectivity index (χ4v) is 3.89. The zero-order valence-corrected chi connectivity index (χ0v) is 16.5. The highest BCUT2D eigenvalue weighted by Crippen LogP contribution is 2.42. The molecule has 0 fully saturated rings. The van der Waals surface area contributed by atoms with Crippen LogP contribution in [0.2, 0.25) is 0 Å². The summed E-state index contributed by atoms with van der Waals surface area (Å²) in [6.07, 6.45) is 1.82. The predicted molar refractivity (Wildman–Crippen MR) is 113 cm³/mol. The lowest BCUT2D eigenvalue weighted by molar-refractivity contribution is 0.326. The molecule has 1 aliphatic rings. The molecule has 0 spiro atoms. The molecule has 0 N–H and O–H groups in total. The Morgan fingerprint density at radius 2 is 1.82 bits per heavy atom. The number of rotatable bonds is 4. The van der Waals surface area contributed by atoms with Crippen molar-refractivity contribution in [2.45, 2.75) is 19.8 Å². The summed E-state index contributed by atoms with van der Waals surface area (Å²) in [7, 11) is 4.04. The minimum atomic E-state index is 0.423. The highest BCUT2D eigenvalue weighted by atomic mass is 16.5. The van der Waals surface area contributed by atoms with Crippen LogP contribution in [0.15, 0.2) is 48.5 Å². The summed E-state index contributed by atoms with van der Waals surface area (Å²) < 4.78 is 5.79. The number of nitriles is 1. The molecule has 1 heterocycles. The second kappa shape index (κ2) is 7.36. The summed E-state index contributed by atoms with van der Waals surface area (Å²) in [6.45, 7) is 2.39. The van der Waals surface area contributed by atoms with Gasteiger partial charge in [-0.05, 0) is 48.6 Å². The lowest BCUT2D eigenvalue weighted by atomic mass is 9.83. The van der Waals surface area contributed by atoms with E-state index in [4.69, 9.17) is 9.72 Å². The van der Waals surface area contributed by atoms with Crippen molar-refractivity contribution in [2.24, 2.45) is 0 Å². The van der Waals surface area contributed by atoms with Crippen LogP contribution < -0.4 is 9.64 Å². The largest absolute Gasteiger partial charge is 0.477 e. The summed E-state index contributed by atoms with van der Waals surface area (Å²) in [6, 6.07) is 19.1. The van der Waals surface area contributed by atoms with E-state index in [0.717, 1.165) is 46.5 Å². The molecular weight excluding hydrogens is 346 g/mol.